The number of ether oxygens (including phenoxy) is 1. The van der Waals surface area contributed by atoms with Crippen molar-refractivity contribution in [2.24, 2.45) is 5.73 Å². The Bertz CT molecular complexity index is 220. The van der Waals surface area contributed by atoms with Crippen molar-refractivity contribution >= 4 is 5.91 Å². The van der Waals surface area contributed by atoms with Crippen LogP contribution in [0.5, 0.6) is 0 Å². The Morgan fingerprint density at radius 3 is 2.79 bits per heavy atom. The van der Waals surface area contributed by atoms with E-state index in [1.54, 1.807) is 0 Å². The van der Waals surface area contributed by atoms with Gasteiger partial charge in [-0.05, 0) is 32.1 Å². The highest BCUT2D eigenvalue weighted by molar-refractivity contribution is 5.81. The van der Waals surface area contributed by atoms with Gasteiger partial charge in [0.15, 0.2) is 0 Å². The van der Waals surface area contributed by atoms with Gasteiger partial charge in [-0.25, -0.2) is 0 Å². The molecule has 2 fully saturated rings. The molecule has 0 spiro atoms. The van der Waals surface area contributed by atoms with Gasteiger partial charge in [0.05, 0.1) is 0 Å². The molecule has 4 nitrogen and oxygen atoms in total. The minimum atomic E-state index is -0.223. The Balaban J connectivity index is 1.71. The van der Waals surface area contributed by atoms with E-state index < -0.39 is 0 Å². The monoisotopic (exact) mass is 198 g/mol. The average Bonchev–Trinajstić information content (AvgIpc) is 2.63. The molecule has 0 aromatic carbocycles. The molecule has 0 radical (unpaired) electrons. The van der Waals surface area contributed by atoms with Crippen LogP contribution in [-0.2, 0) is 9.53 Å². The lowest BCUT2D eigenvalue weighted by molar-refractivity contribution is -0.130. The molecular formula is C10H18N2O2. The molecule has 0 unspecified atom stereocenters. The Kier molecular flexibility index (Phi) is 2.74. The zero-order valence-electron chi connectivity index (χ0n) is 8.42. The topological polar surface area (TPSA) is 64.3 Å². The Morgan fingerprint density at radius 2 is 2.29 bits per heavy atom. The van der Waals surface area contributed by atoms with Crippen LogP contribution in [0, 0.1) is 0 Å². The van der Waals surface area contributed by atoms with E-state index in [1.165, 1.54) is 6.42 Å². The molecule has 14 heavy (non-hydrogen) atoms. The van der Waals surface area contributed by atoms with Gasteiger partial charge in [0.2, 0.25) is 5.91 Å². The summed E-state index contributed by atoms with van der Waals surface area (Å²) in [6, 6.07) is 0. The van der Waals surface area contributed by atoms with Gasteiger partial charge in [0.1, 0.15) is 6.10 Å². The molecule has 1 amide bonds. The van der Waals surface area contributed by atoms with Crippen LogP contribution in [0.1, 0.15) is 32.1 Å². The molecule has 2 aliphatic rings. The summed E-state index contributed by atoms with van der Waals surface area (Å²) >= 11 is 0. The normalized spacial score (nSPS) is 29.6. The van der Waals surface area contributed by atoms with E-state index in [1.807, 2.05) is 0 Å². The van der Waals surface area contributed by atoms with Crippen molar-refractivity contribution in [2.45, 2.75) is 43.7 Å². The van der Waals surface area contributed by atoms with Gasteiger partial charge in [-0.15, -0.1) is 0 Å². The third-order valence-corrected chi connectivity index (χ3v) is 3.19. The average molecular weight is 198 g/mol. The number of carbonyl (C=O) groups is 1. The van der Waals surface area contributed by atoms with E-state index >= 15 is 0 Å². The summed E-state index contributed by atoms with van der Waals surface area (Å²) in [6.45, 7) is 1.32. The first-order chi connectivity index (χ1) is 6.70. The molecule has 0 bridgehead atoms. The van der Waals surface area contributed by atoms with Gasteiger partial charge in [0.25, 0.3) is 0 Å². The molecule has 1 atom stereocenters. The van der Waals surface area contributed by atoms with Crippen LogP contribution in [0.15, 0.2) is 0 Å². The smallest absolute Gasteiger partial charge is 0.249 e. The van der Waals surface area contributed by atoms with E-state index in [9.17, 15) is 4.79 Å². The quantitative estimate of drug-likeness (QED) is 0.679. The maximum Gasteiger partial charge on any atom is 0.249 e. The summed E-state index contributed by atoms with van der Waals surface area (Å²) in [7, 11) is 0. The fourth-order valence-corrected chi connectivity index (χ4v) is 1.97. The number of nitrogens with one attached hydrogen (secondary N) is 1. The number of amides is 1. The number of hydrogen-bond donors (Lipinski definition) is 2. The van der Waals surface area contributed by atoms with Crippen LogP contribution in [-0.4, -0.2) is 30.7 Å². The summed E-state index contributed by atoms with van der Waals surface area (Å²) in [5, 5.41) is 2.88. The van der Waals surface area contributed by atoms with Gasteiger partial charge >= 0.3 is 0 Å². The number of rotatable bonds is 3. The minimum absolute atomic E-state index is 0.0132. The molecule has 1 saturated heterocycles. The number of carbonyl (C=O) groups excluding carboxylic acids is 1. The van der Waals surface area contributed by atoms with E-state index in [0.717, 1.165) is 25.7 Å². The Hall–Kier alpha value is -0.610. The summed E-state index contributed by atoms with van der Waals surface area (Å²) in [6.07, 6.45) is 4.86. The van der Waals surface area contributed by atoms with E-state index in [2.05, 4.69) is 5.32 Å². The van der Waals surface area contributed by atoms with E-state index in [0.29, 0.717) is 13.2 Å². The van der Waals surface area contributed by atoms with Gasteiger partial charge in [-0.2, -0.15) is 0 Å². The van der Waals surface area contributed by atoms with Gasteiger partial charge in [-0.1, -0.05) is 0 Å². The SMILES string of the molecule is NC1(CNC(=O)[C@H]2CCCO2)CCC1. The molecule has 1 saturated carbocycles. The lowest BCUT2D eigenvalue weighted by atomic mass is 9.78. The predicted octanol–water partition coefficient (Wildman–Crippen LogP) is 0.163. The number of nitrogens with two attached hydrogens (primary N) is 1. The number of hydrogen-bond acceptors (Lipinski definition) is 3. The first-order valence-corrected chi connectivity index (χ1v) is 5.38. The van der Waals surface area contributed by atoms with Crippen LogP contribution >= 0.6 is 0 Å². The molecule has 0 aromatic heterocycles. The first kappa shape index (κ1) is 9.93. The molecular weight excluding hydrogens is 180 g/mol. The molecule has 1 aliphatic carbocycles. The highest BCUT2D eigenvalue weighted by Gasteiger charge is 2.33. The van der Waals surface area contributed by atoms with Crippen molar-refractivity contribution in [2.75, 3.05) is 13.2 Å². The van der Waals surface area contributed by atoms with Crippen LogP contribution in [0.25, 0.3) is 0 Å². The van der Waals surface area contributed by atoms with E-state index in [4.69, 9.17) is 10.5 Å². The van der Waals surface area contributed by atoms with Crippen molar-refractivity contribution in [3.63, 3.8) is 0 Å². The molecule has 80 valence electrons. The lowest BCUT2D eigenvalue weighted by Crippen LogP contribution is -2.56. The second-order valence-corrected chi connectivity index (χ2v) is 4.44. The van der Waals surface area contributed by atoms with Gasteiger partial charge in [0, 0.05) is 18.7 Å². The lowest BCUT2D eigenvalue weighted by Gasteiger charge is -2.38. The largest absolute Gasteiger partial charge is 0.368 e. The van der Waals surface area contributed by atoms with E-state index in [-0.39, 0.29) is 17.6 Å². The van der Waals surface area contributed by atoms with Gasteiger partial charge < -0.3 is 15.8 Å². The third-order valence-electron chi connectivity index (χ3n) is 3.19. The fourth-order valence-electron chi connectivity index (χ4n) is 1.97. The zero-order chi connectivity index (χ0) is 10.0. The van der Waals surface area contributed by atoms with Crippen molar-refractivity contribution < 1.29 is 9.53 Å². The molecule has 1 aliphatic heterocycles. The maximum atomic E-state index is 11.5. The van der Waals surface area contributed by atoms with Crippen LogP contribution in [0.4, 0.5) is 0 Å². The van der Waals surface area contributed by atoms with Crippen LogP contribution < -0.4 is 11.1 Å². The Morgan fingerprint density at radius 1 is 1.50 bits per heavy atom. The highest BCUT2D eigenvalue weighted by Crippen LogP contribution is 2.28. The summed E-state index contributed by atoms with van der Waals surface area (Å²) in [5.41, 5.74) is 5.86. The summed E-state index contributed by atoms with van der Waals surface area (Å²) < 4.78 is 5.28. The highest BCUT2D eigenvalue weighted by atomic mass is 16.5. The molecule has 1 heterocycles. The second-order valence-electron chi connectivity index (χ2n) is 4.44. The van der Waals surface area contributed by atoms with Crippen LogP contribution in [0.2, 0.25) is 0 Å². The second kappa shape index (κ2) is 3.87. The minimum Gasteiger partial charge on any atom is -0.368 e. The first-order valence-electron chi connectivity index (χ1n) is 5.38. The van der Waals surface area contributed by atoms with Crippen molar-refractivity contribution in [3.8, 4) is 0 Å². The molecule has 4 heteroatoms. The maximum absolute atomic E-state index is 11.5. The zero-order valence-corrected chi connectivity index (χ0v) is 8.42. The van der Waals surface area contributed by atoms with Crippen molar-refractivity contribution in [1.82, 2.24) is 5.32 Å². The Labute approximate surface area is 84.2 Å². The summed E-state index contributed by atoms with van der Waals surface area (Å²) in [5.74, 6) is 0.0132. The van der Waals surface area contributed by atoms with Crippen LogP contribution in [0.3, 0.4) is 0 Å². The fraction of sp³-hybridized carbons (Fsp3) is 0.900. The summed E-state index contributed by atoms with van der Waals surface area (Å²) in [4.78, 5) is 11.5. The molecule has 0 aromatic rings. The van der Waals surface area contributed by atoms with Gasteiger partial charge in [-0.3, -0.25) is 4.79 Å². The third kappa shape index (κ3) is 2.07. The molecule has 2 rings (SSSR count). The predicted molar refractivity (Wildman–Crippen MR) is 52.8 cm³/mol. The standard InChI is InChI=1S/C10H18N2O2/c11-10(4-2-5-10)7-12-9(13)8-3-1-6-14-8/h8H,1-7,11H2,(H,12,13)/t8-/m1/s1. The van der Waals surface area contributed by atoms with Crippen molar-refractivity contribution in [3.05, 3.63) is 0 Å². The molecule has 3 N–H and O–H groups in total. The van der Waals surface area contributed by atoms with Crippen molar-refractivity contribution in [1.29, 1.82) is 0 Å².